The fourth-order valence-electron chi connectivity index (χ4n) is 6.02. The first kappa shape index (κ1) is 24.4. The Hall–Kier alpha value is -3.90. The maximum absolute atomic E-state index is 13.7. The van der Waals surface area contributed by atoms with Crippen molar-refractivity contribution in [1.29, 1.82) is 5.26 Å². The first-order valence-electron chi connectivity index (χ1n) is 13.1. The Kier molecular flexibility index (Phi) is 5.88. The monoisotopic (exact) mass is 514 g/mol. The average molecular weight is 515 g/mol. The van der Waals surface area contributed by atoms with Crippen LogP contribution in [0, 0.1) is 18.3 Å². The molecule has 1 saturated carbocycles. The molecule has 2 saturated heterocycles. The second-order valence-electron chi connectivity index (χ2n) is 11.1. The summed E-state index contributed by atoms with van der Waals surface area (Å²) in [6, 6.07) is 13.0. The molecule has 2 aliphatic heterocycles. The van der Waals surface area contributed by atoms with Crippen LogP contribution in [0.1, 0.15) is 61.0 Å². The number of ether oxygens (including phenoxy) is 2. The predicted octanol–water partition coefficient (Wildman–Crippen LogP) is 3.62. The Labute approximate surface area is 220 Å². The maximum atomic E-state index is 13.7. The van der Waals surface area contributed by atoms with E-state index in [1.807, 2.05) is 38.1 Å². The van der Waals surface area contributed by atoms with Gasteiger partial charge in [-0.2, -0.15) is 5.26 Å². The summed E-state index contributed by atoms with van der Waals surface area (Å²) in [5.74, 6) is 1.36. The van der Waals surface area contributed by atoms with Crippen molar-refractivity contribution in [3.8, 4) is 11.8 Å². The number of aryl methyl sites for hydroxylation is 1. The second-order valence-corrected chi connectivity index (χ2v) is 11.1. The molecule has 0 spiro atoms. The van der Waals surface area contributed by atoms with Crippen LogP contribution in [0.3, 0.4) is 0 Å². The van der Waals surface area contributed by atoms with Crippen molar-refractivity contribution in [3.63, 3.8) is 0 Å². The third-order valence-corrected chi connectivity index (χ3v) is 8.11. The number of amides is 1. The number of piperidine rings is 1. The van der Waals surface area contributed by atoms with E-state index < -0.39 is 5.60 Å². The van der Waals surface area contributed by atoms with E-state index in [1.54, 1.807) is 21.6 Å². The SMILES string of the molecule is Cc1nc2cc(C3CC(C)(O)C3)c(O[C@H]3CCN4C(=O)OC[C@@H]4C3)cc2c(=O)n1Cc1ccc(C#N)cc1. The van der Waals surface area contributed by atoms with E-state index in [0.717, 1.165) is 11.1 Å². The molecule has 1 amide bonds. The van der Waals surface area contributed by atoms with Gasteiger partial charge in [0.15, 0.2) is 0 Å². The molecule has 1 aromatic heterocycles. The van der Waals surface area contributed by atoms with Crippen LogP contribution in [-0.2, 0) is 11.3 Å². The molecule has 38 heavy (non-hydrogen) atoms. The highest BCUT2D eigenvalue weighted by Crippen LogP contribution is 2.48. The van der Waals surface area contributed by atoms with Gasteiger partial charge in [-0.1, -0.05) is 12.1 Å². The van der Waals surface area contributed by atoms with Crippen molar-refractivity contribution >= 4 is 17.0 Å². The molecule has 0 bridgehead atoms. The zero-order valence-electron chi connectivity index (χ0n) is 21.5. The van der Waals surface area contributed by atoms with Crippen molar-refractivity contribution in [2.75, 3.05) is 13.2 Å². The van der Waals surface area contributed by atoms with Gasteiger partial charge in [-0.3, -0.25) is 9.36 Å². The minimum Gasteiger partial charge on any atom is -0.490 e. The van der Waals surface area contributed by atoms with Crippen molar-refractivity contribution in [2.45, 2.75) is 69.7 Å². The fraction of sp³-hybridized carbons (Fsp3) is 0.448. The molecule has 3 fully saturated rings. The van der Waals surface area contributed by atoms with Crippen LogP contribution in [0.4, 0.5) is 4.79 Å². The average Bonchev–Trinajstić information content (AvgIpc) is 3.25. The van der Waals surface area contributed by atoms with Gasteiger partial charge in [0.25, 0.3) is 5.56 Å². The highest BCUT2D eigenvalue weighted by molar-refractivity contribution is 5.81. The molecular formula is C29H30N4O5. The Balaban J connectivity index is 1.36. The van der Waals surface area contributed by atoms with E-state index in [1.165, 1.54) is 0 Å². The van der Waals surface area contributed by atoms with Gasteiger partial charge in [-0.25, -0.2) is 9.78 Å². The lowest BCUT2D eigenvalue weighted by Crippen LogP contribution is -2.44. The van der Waals surface area contributed by atoms with Crippen molar-refractivity contribution < 1.29 is 19.4 Å². The van der Waals surface area contributed by atoms with Gasteiger partial charge in [0, 0.05) is 19.4 Å². The second kappa shape index (κ2) is 9.14. The quantitative estimate of drug-likeness (QED) is 0.553. The van der Waals surface area contributed by atoms with Crippen LogP contribution in [0.2, 0.25) is 0 Å². The highest BCUT2D eigenvalue weighted by Gasteiger charge is 2.42. The molecule has 1 N–H and O–H groups in total. The van der Waals surface area contributed by atoms with Crippen LogP contribution in [0.25, 0.3) is 10.9 Å². The van der Waals surface area contributed by atoms with Gasteiger partial charge >= 0.3 is 6.09 Å². The first-order chi connectivity index (χ1) is 18.2. The molecule has 2 aromatic carbocycles. The summed E-state index contributed by atoms with van der Waals surface area (Å²) in [6.45, 7) is 4.95. The number of rotatable bonds is 5. The number of cyclic esters (lactones) is 1. The fourth-order valence-corrected chi connectivity index (χ4v) is 6.02. The lowest BCUT2D eigenvalue weighted by Gasteiger charge is -2.42. The number of hydrogen-bond donors (Lipinski definition) is 1. The Morgan fingerprint density at radius 2 is 2.00 bits per heavy atom. The Bertz CT molecular complexity index is 1510. The van der Waals surface area contributed by atoms with Gasteiger partial charge < -0.3 is 19.5 Å². The number of nitriles is 1. The summed E-state index contributed by atoms with van der Waals surface area (Å²) < 4.78 is 13.4. The van der Waals surface area contributed by atoms with E-state index in [0.29, 0.717) is 73.4 Å². The summed E-state index contributed by atoms with van der Waals surface area (Å²) in [7, 11) is 0. The molecule has 196 valence electrons. The number of fused-ring (bicyclic) bond motifs is 2. The largest absolute Gasteiger partial charge is 0.490 e. The van der Waals surface area contributed by atoms with E-state index in [2.05, 4.69) is 6.07 Å². The molecule has 6 rings (SSSR count). The summed E-state index contributed by atoms with van der Waals surface area (Å²) in [5, 5.41) is 20.0. The lowest BCUT2D eigenvalue weighted by atomic mass is 9.69. The number of carbonyl (C=O) groups is 1. The Morgan fingerprint density at radius 1 is 1.24 bits per heavy atom. The normalized spacial score (nSPS) is 26.4. The first-order valence-corrected chi connectivity index (χ1v) is 13.1. The van der Waals surface area contributed by atoms with E-state index in [4.69, 9.17) is 19.7 Å². The molecule has 3 aliphatic rings. The van der Waals surface area contributed by atoms with Gasteiger partial charge in [0.05, 0.1) is 40.7 Å². The minimum absolute atomic E-state index is 0.00329. The van der Waals surface area contributed by atoms with Gasteiger partial charge in [-0.05, 0) is 68.0 Å². The molecular weight excluding hydrogens is 484 g/mol. The number of benzene rings is 2. The number of hydrogen-bond acceptors (Lipinski definition) is 7. The van der Waals surface area contributed by atoms with Crippen LogP contribution in [0.15, 0.2) is 41.2 Å². The minimum atomic E-state index is -0.711. The highest BCUT2D eigenvalue weighted by atomic mass is 16.6. The molecule has 2 atom stereocenters. The predicted molar refractivity (Wildman–Crippen MR) is 139 cm³/mol. The van der Waals surface area contributed by atoms with Gasteiger partial charge in [0.2, 0.25) is 0 Å². The van der Waals surface area contributed by atoms with Gasteiger partial charge in [-0.15, -0.1) is 0 Å². The van der Waals surface area contributed by atoms with Crippen LogP contribution >= 0.6 is 0 Å². The van der Waals surface area contributed by atoms with Crippen LogP contribution in [-0.4, -0.2) is 56.5 Å². The number of carbonyl (C=O) groups excluding carboxylic acids is 1. The summed E-state index contributed by atoms with van der Waals surface area (Å²) in [6.07, 6.45) is 2.21. The molecule has 3 aromatic rings. The third-order valence-electron chi connectivity index (χ3n) is 8.11. The molecule has 9 heteroatoms. The number of aromatic nitrogens is 2. The molecule has 3 heterocycles. The molecule has 1 aliphatic carbocycles. The van der Waals surface area contributed by atoms with Gasteiger partial charge in [0.1, 0.15) is 24.3 Å². The van der Waals surface area contributed by atoms with Crippen molar-refractivity contribution in [2.24, 2.45) is 0 Å². The Morgan fingerprint density at radius 3 is 2.71 bits per heavy atom. The zero-order valence-corrected chi connectivity index (χ0v) is 21.5. The summed E-state index contributed by atoms with van der Waals surface area (Å²) >= 11 is 0. The zero-order chi connectivity index (χ0) is 26.6. The van der Waals surface area contributed by atoms with Crippen LogP contribution in [0.5, 0.6) is 5.75 Å². The smallest absolute Gasteiger partial charge is 0.410 e. The van der Waals surface area contributed by atoms with Crippen LogP contribution < -0.4 is 10.3 Å². The molecule has 0 unspecified atom stereocenters. The van der Waals surface area contributed by atoms with E-state index in [9.17, 15) is 14.7 Å². The van der Waals surface area contributed by atoms with Crippen molar-refractivity contribution in [1.82, 2.24) is 14.5 Å². The molecule has 9 nitrogen and oxygen atoms in total. The van der Waals surface area contributed by atoms with Crippen molar-refractivity contribution in [3.05, 3.63) is 69.3 Å². The summed E-state index contributed by atoms with van der Waals surface area (Å²) in [5.41, 5.74) is 2.18. The van der Waals surface area contributed by atoms with E-state index >= 15 is 0 Å². The number of aliphatic hydroxyl groups is 1. The standard InChI is InChI=1S/C29H30N4O5/c1-17-31-25-10-23(20-12-29(2,36)13-20)26(38-22-7-8-32-21(9-22)16-37-28(32)35)11-24(25)27(34)33(17)15-19-5-3-18(14-30)4-6-19/h3-6,10-11,20-22,36H,7-9,12-13,15-16H2,1-2H3/t20?,21-,22-,29?/m0/s1. The molecule has 0 radical (unpaired) electrons. The summed E-state index contributed by atoms with van der Waals surface area (Å²) in [4.78, 5) is 32.1. The van der Waals surface area contributed by atoms with E-state index in [-0.39, 0.29) is 29.7 Å². The topological polar surface area (TPSA) is 118 Å². The maximum Gasteiger partial charge on any atom is 0.410 e. The number of nitrogens with zero attached hydrogens (tertiary/aromatic N) is 4. The lowest BCUT2D eigenvalue weighted by molar-refractivity contribution is -0.0322. The third kappa shape index (κ3) is 4.39.